The number of aromatic nitrogens is 3. The summed E-state index contributed by atoms with van der Waals surface area (Å²) >= 11 is 0. The van der Waals surface area contributed by atoms with Crippen molar-refractivity contribution in [1.29, 1.82) is 0 Å². The number of nitrogens with one attached hydrogen (secondary N) is 1. The number of nitrogens with two attached hydrogens (primary N) is 1. The van der Waals surface area contributed by atoms with Gasteiger partial charge in [0.05, 0.1) is 11.1 Å². The van der Waals surface area contributed by atoms with Gasteiger partial charge in [0.25, 0.3) is 5.91 Å². The number of benzene rings is 2. The molecule has 0 spiro atoms. The van der Waals surface area contributed by atoms with E-state index in [1.165, 1.54) is 17.5 Å². The number of rotatable bonds is 4. The SMILES string of the molecule is Nc1ncc(-c2ccc(C3(c4c[nH]c5c(C(=O)N6CCC6)cccc45)CCC3)cc2)cn1. The lowest BCUT2D eigenvalue weighted by Crippen LogP contribution is -2.42. The Morgan fingerprint density at radius 2 is 1.72 bits per heavy atom. The first-order valence-corrected chi connectivity index (χ1v) is 11.2. The van der Waals surface area contributed by atoms with Crippen molar-refractivity contribution in [3.05, 3.63) is 77.7 Å². The minimum Gasteiger partial charge on any atom is -0.368 e. The van der Waals surface area contributed by atoms with E-state index in [-0.39, 0.29) is 17.3 Å². The molecule has 0 unspecified atom stereocenters. The topological polar surface area (TPSA) is 87.9 Å². The summed E-state index contributed by atoms with van der Waals surface area (Å²) in [6.45, 7) is 1.72. The third-order valence-corrected chi connectivity index (χ3v) is 7.25. The van der Waals surface area contributed by atoms with Gasteiger partial charge in [0.2, 0.25) is 5.95 Å². The zero-order valence-corrected chi connectivity index (χ0v) is 17.8. The van der Waals surface area contributed by atoms with Gasteiger partial charge in [-0.05, 0) is 42.0 Å². The van der Waals surface area contributed by atoms with Crippen LogP contribution < -0.4 is 5.73 Å². The highest BCUT2D eigenvalue weighted by Gasteiger charge is 2.42. The van der Waals surface area contributed by atoms with Gasteiger partial charge in [0.15, 0.2) is 0 Å². The second-order valence-electron chi connectivity index (χ2n) is 8.92. The van der Waals surface area contributed by atoms with E-state index in [0.29, 0.717) is 0 Å². The molecule has 32 heavy (non-hydrogen) atoms. The molecule has 4 aromatic rings. The minimum atomic E-state index is -0.0210. The van der Waals surface area contributed by atoms with Crippen LogP contribution in [0, 0.1) is 0 Å². The largest absolute Gasteiger partial charge is 0.368 e. The van der Waals surface area contributed by atoms with Gasteiger partial charge in [0.1, 0.15) is 0 Å². The van der Waals surface area contributed by atoms with Gasteiger partial charge in [-0.25, -0.2) is 9.97 Å². The van der Waals surface area contributed by atoms with Crippen LogP contribution in [0.3, 0.4) is 0 Å². The van der Waals surface area contributed by atoms with E-state index >= 15 is 0 Å². The molecule has 0 bridgehead atoms. The highest BCUT2D eigenvalue weighted by atomic mass is 16.2. The van der Waals surface area contributed by atoms with E-state index < -0.39 is 0 Å². The summed E-state index contributed by atoms with van der Waals surface area (Å²) in [7, 11) is 0. The number of hydrogen-bond acceptors (Lipinski definition) is 4. The maximum atomic E-state index is 12.9. The first-order valence-electron chi connectivity index (χ1n) is 11.2. The fourth-order valence-electron chi connectivity index (χ4n) is 5.13. The molecule has 0 atom stereocenters. The number of para-hydroxylation sites is 1. The van der Waals surface area contributed by atoms with Gasteiger partial charge in [-0.1, -0.05) is 42.8 Å². The Labute approximate surface area is 186 Å². The number of fused-ring (bicyclic) bond motifs is 1. The molecular formula is C26H25N5O. The summed E-state index contributed by atoms with van der Waals surface area (Å²) in [5.41, 5.74) is 12.0. The second kappa shape index (κ2) is 7.19. The molecule has 3 N–H and O–H groups in total. The lowest BCUT2D eigenvalue weighted by atomic mass is 9.60. The number of amides is 1. The van der Waals surface area contributed by atoms with E-state index in [0.717, 1.165) is 59.9 Å². The maximum Gasteiger partial charge on any atom is 0.255 e. The Bertz CT molecular complexity index is 1300. The molecule has 160 valence electrons. The second-order valence-corrected chi connectivity index (χ2v) is 8.92. The summed E-state index contributed by atoms with van der Waals surface area (Å²) in [6.07, 6.45) is 10.1. The Hall–Kier alpha value is -3.67. The third kappa shape index (κ3) is 2.83. The predicted octanol–water partition coefficient (Wildman–Crippen LogP) is 4.52. The molecule has 1 amide bonds. The zero-order valence-electron chi connectivity index (χ0n) is 17.8. The Balaban J connectivity index is 1.39. The number of anilines is 1. The summed E-state index contributed by atoms with van der Waals surface area (Å²) < 4.78 is 0. The highest BCUT2D eigenvalue weighted by Crippen LogP contribution is 2.51. The molecule has 2 aliphatic rings. The number of hydrogen-bond donors (Lipinski definition) is 2. The lowest BCUT2D eigenvalue weighted by Gasteiger charge is -2.43. The lowest BCUT2D eigenvalue weighted by molar-refractivity contribution is 0.0653. The van der Waals surface area contributed by atoms with Gasteiger partial charge in [0, 0.05) is 48.0 Å². The van der Waals surface area contributed by atoms with Gasteiger partial charge in [-0.15, -0.1) is 0 Å². The van der Waals surface area contributed by atoms with Crippen molar-refractivity contribution < 1.29 is 4.79 Å². The monoisotopic (exact) mass is 423 g/mol. The van der Waals surface area contributed by atoms with Crippen LogP contribution in [0.1, 0.15) is 47.2 Å². The molecule has 0 radical (unpaired) electrons. The van der Waals surface area contributed by atoms with E-state index in [4.69, 9.17) is 5.73 Å². The summed E-state index contributed by atoms with van der Waals surface area (Å²) in [5, 5.41) is 1.16. The number of aromatic amines is 1. The fourth-order valence-corrected chi connectivity index (χ4v) is 5.13. The van der Waals surface area contributed by atoms with Gasteiger partial charge in [-0.2, -0.15) is 0 Å². The average molecular weight is 424 g/mol. The van der Waals surface area contributed by atoms with Crippen LogP contribution in [0.25, 0.3) is 22.0 Å². The van der Waals surface area contributed by atoms with Crippen LogP contribution in [0.15, 0.2) is 61.1 Å². The van der Waals surface area contributed by atoms with E-state index in [1.807, 2.05) is 17.0 Å². The zero-order chi connectivity index (χ0) is 21.7. The summed E-state index contributed by atoms with van der Waals surface area (Å²) in [6, 6.07) is 14.8. The molecule has 1 saturated carbocycles. The Kier molecular flexibility index (Phi) is 4.28. The smallest absolute Gasteiger partial charge is 0.255 e. The van der Waals surface area contributed by atoms with Crippen molar-refractivity contribution in [3.8, 4) is 11.1 Å². The number of likely N-dealkylation sites (tertiary alicyclic amines) is 1. The number of nitrogens with zero attached hydrogens (tertiary/aromatic N) is 3. The molecule has 2 aromatic heterocycles. The Morgan fingerprint density at radius 1 is 0.969 bits per heavy atom. The summed E-state index contributed by atoms with van der Waals surface area (Å²) in [5.74, 6) is 0.415. The van der Waals surface area contributed by atoms with Crippen LogP contribution in [0.5, 0.6) is 0 Å². The average Bonchev–Trinajstić information content (AvgIpc) is 3.17. The molecule has 3 heterocycles. The van der Waals surface area contributed by atoms with E-state index in [2.05, 4.69) is 51.5 Å². The van der Waals surface area contributed by atoms with Crippen molar-refractivity contribution in [1.82, 2.24) is 19.9 Å². The summed E-state index contributed by atoms with van der Waals surface area (Å²) in [4.78, 5) is 26.5. The quantitative estimate of drug-likeness (QED) is 0.505. The predicted molar refractivity (Wildman–Crippen MR) is 125 cm³/mol. The number of carbonyl (C=O) groups excluding carboxylic acids is 1. The fraction of sp³-hybridized carbons (Fsp3) is 0.269. The number of carbonyl (C=O) groups is 1. The van der Waals surface area contributed by atoms with Crippen LogP contribution >= 0.6 is 0 Å². The van der Waals surface area contributed by atoms with Gasteiger partial charge < -0.3 is 15.6 Å². The molecular weight excluding hydrogens is 398 g/mol. The van der Waals surface area contributed by atoms with Crippen molar-refractivity contribution in [2.24, 2.45) is 0 Å². The minimum absolute atomic E-state index is 0.0210. The normalized spacial score (nSPS) is 17.1. The first-order chi connectivity index (χ1) is 15.7. The maximum absolute atomic E-state index is 12.9. The van der Waals surface area contributed by atoms with Crippen LogP contribution in [-0.2, 0) is 5.41 Å². The van der Waals surface area contributed by atoms with Crippen LogP contribution in [0.2, 0.25) is 0 Å². The van der Waals surface area contributed by atoms with Crippen molar-refractivity contribution in [2.45, 2.75) is 31.1 Å². The van der Waals surface area contributed by atoms with Crippen molar-refractivity contribution in [2.75, 3.05) is 18.8 Å². The molecule has 6 rings (SSSR count). The van der Waals surface area contributed by atoms with E-state index in [9.17, 15) is 4.79 Å². The standard InChI is InChI=1S/C26H25N5O/c27-25-29-14-18(15-30-25)17-6-8-19(9-7-17)26(10-2-11-26)22-16-28-23-20(22)4-1-5-21(23)24(32)31-12-3-13-31/h1,4-9,14-16,28H,2-3,10-13H2,(H2,27,29,30). The molecule has 1 aliphatic carbocycles. The van der Waals surface area contributed by atoms with Crippen LogP contribution in [-0.4, -0.2) is 38.8 Å². The van der Waals surface area contributed by atoms with Crippen molar-refractivity contribution >= 4 is 22.8 Å². The molecule has 6 nitrogen and oxygen atoms in total. The van der Waals surface area contributed by atoms with Gasteiger partial charge in [-0.3, -0.25) is 4.79 Å². The highest BCUT2D eigenvalue weighted by molar-refractivity contribution is 6.07. The Morgan fingerprint density at radius 3 is 2.34 bits per heavy atom. The number of H-pyrrole nitrogens is 1. The van der Waals surface area contributed by atoms with Crippen molar-refractivity contribution in [3.63, 3.8) is 0 Å². The number of nitrogen functional groups attached to an aromatic ring is 1. The van der Waals surface area contributed by atoms with Crippen LogP contribution in [0.4, 0.5) is 5.95 Å². The molecule has 1 saturated heterocycles. The molecule has 2 aromatic carbocycles. The molecule has 2 fully saturated rings. The molecule has 1 aliphatic heterocycles. The first kappa shape index (κ1) is 19.0. The van der Waals surface area contributed by atoms with Gasteiger partial charge >= 0.3 is 0 Å². The third-order valence-electron chi connectivity index (χ3n) is 7.25. The molecule has 6 heteroatoms. The van der Waals surface area contributed by atoms with E-state index in [1.54, 1.807) is 12.4 Å².